The predicted molar refractivity (Wildman–Crippen MR) is 114 cm³/mol. The first-order valence-electron chi connectivity index (χ1n) is 9.17. The van der Waals surface area contributed by atoms with E-state index in [0.29, 0.717) is 40.6 Å². The molecule has 148 valence electrons. The van der Waals surface area contributed by atoms with Gasteiger partial charge in [0.15, 0.2) is 0 Å². The van der Waals surface area contributed by atoms with Crippen LogP contribution in [0.4, 0.5) is 11.4 Å². The molecule has 0 unspecified atom stereocenters. The molecule has 0 bridgehead atoms. The van der Waals surface area contributed by atoms with Gasteiger partial charge in [-0.05, 0) is 43.7 Å². The number of anilines is 2. The quantitative estimate of drug-likeness (QED) is 0.644. The Morgan fingerprint density at radius 3 is 2.55 bits per heavy atom. The Kier molecular flexibility index (Phi) is 5.30. The van der Waals surface area contributed by atoms with Gasteiger partial charge in [-0.25, -0.2) is 4.68 Å². The van der Waals surface area contributed by atoms with E-state index in [0.717, 1.165) is 12.1 Å². The summed E-state index contributed by atoms with van der Waals surface area (Å²) in [6.07, 6.45) is 1.34. The second-order valence-electron chi connectivity index (χ2n) is 6.77. The number of halogens is 2. The first kappa shape index (κ1) is 19.5. The summed E-state index contributed by atoms with van der Waals surface area (Å²) in [5.41, 5.74) is 2.74. The average Bonchev–Trinajstić information content (AvgIpc) is 3.25. The molecule has 1 fully saturated rings. The first-order valence-corrected chi connectivity index (χ1v) is 9.93. The van der Waals surface area contributed by atoms with Gasteiger partial charge in [0, 0.05) is 18.7 Å². The highest BCUT2D eigenvalue weighted by atomic mass is 35.5. The molecule has 2 heterocycles. The number of aromatic nitrogens is 2. The fraction of sp³-hybridized carbons (Fsp3) is 0.190. The van der Waals surface area contributed by atoms with E-state index in [4.69, 9.17) is 23.2 Å². The topological polar surface area (TPSA) is 67.2 Å². The zero-order chi connectivity index (χ0) is 20.5. The number of benzene rings is 2. The minimum absolute atomic E-state index is 0.0550. The molecule has 0 radical (unpaired) electrons. The van der Waals surface area contributed by atoms with E-state index in [1.807, 2.05) is 30.3 Å². The predicted octanol–water partition coefficient (Wildman–Crippen LogP) is 4.87. The Morgan fingerprint density at radius 1 is 1.14 bits per heavy atom. The molecule has 2 amide bonds. The maximum absolute atomic E-state index is 12.8. The van der Waals surface area contributed by atoms with Crippen molar-refractivity contribution in [1.29, 1.82) is 0 Å². The highest BCUT2D eigenvalue weighted by Crippen LogP contribution is 2.32. The van der Waals surface area contributed by atoms with Crippen molar-refractivity contribution in [1.82, 2.24) is 9.78 Å². The summed E-state index contributed by atoms with van der Waals surface area (Å²) in [6.45, 7) is 2.38. The monoisotopic (exact) mass is 428 g/mol. The second-order valence-corrected chi connectivity index (χ2v) is 7.53. The van der Waals surface area contributed by atoms with Crippen LogP contribution in [0, 0.1) is 6.92 Å². The summed E-state index contributed by atoms with van der Waals surface area (Å²) < 4.78 is 1.53. The van der Waals surface area contributed by atoms with Crippen LogP contribution in [-0.4, -0.2) is 28.1 Å². The van der Waals surface area contributed by atoms with E-state index in [2.05, 4.69) is 10.4 Å². The van der Waals surface area contributed by atoms with Gasteiger partial charge < -0.3 is 10.2 Å². The van der Waals surface area contributed by atoms with E-state index >= 15 is 0 Å². The van der Waals surface area contributed by atoms with Crippen molar-refractivity contribution >= 4 is 46.4 Å². The van der Waals surface area contributed by atoms with Gasteiger partial charge in [-0.15, -0.1) is 0 Å². The van der Waals surface area contributed by atoms with Gasteiger partial charge in [-0.2, -0.15) is 5.10 Å². The van der Waals surface area contributed by atoms with Crippen LogP contribution in [0.15, 0.2) is 48.5 Å². The molecule has 4 rings (SSSR count). The molecule has 1 aliphatic rings. The van der Waals surface area contributed by atoms with Crippen molar-refractivity contribution in [2.75, 3.05) is 16.8 Å². The zero-order valence-electron chi connectivity index (χ0n) is 15.7. The lowest BCUT2D eigenvalue weighted by molar-refractivity contribution is -0.117. The maximum atomic E-state index is 12.8. The van der Waals surface area contributed by atoms with Gasteiger partial charge in [0.1, 0.15) is 10.7 Å². The van der Waals surface area contributed by atoms with Gasteiger partial charge in [0.25, 0.3) is 5.91 Å². The molecule has 2 aromatic carbocycles. The smallest absolute Gasteiger partial charge is 0.260 e. The minimum Gasteiger partial charge on any atom is -0.322 e. The molecule has 0 saturated carbocycles. The third-order valence-corrected chi connectivity index (χ3v) is 5.45. The van der Waals surface area contributed by atoms with Gasteiger partial charge >= 0.3 is 0 Å². The normalized spacial score (nSPS) is 13.8. The van der Waals surface area contributed by atoms with Crippen LogP contribution in [0.25, 0.3) is 5.69 Å². The second kappa shape index (κ2) is 7.89. The first-order chi connectivity index (χ1) is 14.0. The Hall–Kier alpha value is -2.83. The molecule has 1 saturated heterocycles. The van der Waals surface area contributed by atoms with Gasteiger partial charge in [-0.3, -0.25) is 9.59 Å². The molecule has 1 aromatic heterocycles. The van der Waals surface area contributed by atoms with Crippen molar-refractivity contribution in [2.45, 2.75) is 19.8 Å². The molecule has 3 aromatic rings. The number of nitrogens with one attached hydrogen (secondary N) is 1. The highest BCUT2D eigenvalue weighted by molar-refractivity contribution is 6.35. The Labute approximate surface area is 178 Å². The number of carbonyl (C=O) groups is 2. The third kappa shape index (κ3) is 3.73. The summed E-state index contributed by atoms with van der Waals surface area (Å²) in [4.78, 5) is 26.5. The molecule has 6 nitrogen and oxygen atoms in total. The summed E-state index contributed by atoms with van der Waals surface area (Å²) in [7, 11) is 0. The van der Waals surface area contributed by atoms with Crippen molar-refractivity contribution in [3.8, 4) is 5.69 Å². The fourth-order valence-electron chi connectivity index (χ4n) is 3.40. The van der Waals surface area contributed by atoms with E-state index in [1.165, 1.54) is 4.68 Å². The number of carbonyl (C=O) groups excluding carboxylic acids is 2. The number of aryl methyl sites for hydroxylation is 1. The minimum atomic E-state index is -0.379. The number of hydrogen-bond donors (Lipinski definition) is 1. The SMILES string of the molecule is Cc1nn(-c2ccccc2)c(Cl)c1C(=O)Nc1ccc(N2CCCC2=O)c(Cl)c1. The number of amides is 2. The van der Waals surface area contributed by atoms with Gasteiger partial charge in [-0.1, -0.05) is 41.4 Å². The highest BCUT2D eigenvalue weighted by Gasteiger charge is 2.25. The molecular formula is C21H18Cl2N4O2. The average molecular weight is 429 g/mol. The van der Waals surface area contributed by atoms with E-state index in [1.54, 1.807) is 30.0 Å². The number of rotatable bonds is 4. The van der Waals surface area contributed by atoms with Crippen LogP contribution in [0.3, 0.4) is 0 Å². The van der Waals surface area contributed by atoms with Gasteiger partial charge in [0.05, 0.1) is 22.1 Å². The molecule has 1 aliphatic heterocycles. The number of nitrogens with zero attached hydrogens (tertiary/aromatic N) is 3. The Morgan fingerprint density at radius 2 is 1.90 bits per heavy atom. The molecular weight excluding hydrogens is 411 g/mol. The van der Waals surface area contributed by atoms with E-state index in [9.17, 15) is 9.59 Å². The largest absolute Gasteiger partial charge is 0.322 e. The van der Waals surface area contributed by atoms with Gasteiger partial charge in [0.2, 0.25) is 5.91 Å². The lowest BCUT2D eigenvalue weighted by Gasteiger charge is -2.18. The molecule has 29 heavy (non-hydrogen) atoms. The van der Waals surface area contributed by atoms with Crippen molar-refractivity contribution in [3.63, 3.8) is 0 Å². The summed E-state index contributed by atoms with van der Waals surface area (Å²) >= 11 is 12.8. The molecule has 0 spiro atoms. The van der Waals surface area contributed by atoms with Crippen molar-refractivity contribution in [3.05, 3.63) is 70.0 Å². The molecule has 0 atom stereocenters. The summed E-state index contributed by atoms with van der Waals surface area (Å²) in [6, 6.07) is 14.4. The number of para-hydroxylation sites is 1. The van der Waals surface area contributed by atoms with E-state index in [-0.39, 0.29) is 17.0 Å². The van der Waals surface area contributed by atoms with Crippen LogP contribution in [0.2, 0.25) is 10.2 Å². The van der Waals surface area contributed by atoms with Crippen LogP contribution >= 0.6 is 23.2 Å². The van der Waals surface area contributed by atoms with Crippen LogP contribution in [-0.2, 0) is 4.79 Å². The summed E-state index contributed by atoms with van der Waals surface area (Å²) in [5, 5.41) is 7.84. The lowest BCUT2D eigenvalue weighted by atomic mass is 10.2. The standard InChI is InChI=1S/C21H18Cl2N4O2/c1-13-19(20(23)27(25-13)15-6-3-2-4-7-15)21(29)24-14-9-10-17(16(22)12-14)26-11-5-8-18(26)28/h2-4,6-7,9-10,12H,5,8,11H2,1H3,(H,24,29). The molecule has 0 aliphatic carbocycles. The fourth-order valence-corrected chi connectivity index (χ4v) is 4.04. The summed E-state index contributed by atoms with van der Waals surface area (Å²) in [5.74, 6) is -0.324. The number of hydrogen-bond acceptors (Lipinski definition) is 3. The lowest BCUT2D eigenvalue weighted by Crippen LogP contribution is -2.24. The van der Waals surface area contributed by atoms with Crippen LogP contribution < -0.4 is 10.2 Å². The van der Waals surface area contributed by atoms with Crippen LogP contribution in [0.1, 0.15) is 28.9 Å². The van der Waals surface area contributed by atoms with Crippen LogP contribution in [0.5, 0.6) is 0 Å². The van der Waals surface area contributed by atoms with Crippen molar-refractivity contribution < 1.29 is 9.59 Å². The Balaban J connectivity index is 1.58. The third-order valence-electron chi connectivity index (χ3n) is 4.80. The zero-order valence-corrected chi connectivity index (χ0v) is 17.2. The maximum Gasteiger partial charge on any atom is 0.260 e. The Bertz CT molecular complexity index is 1100. The molecule has 8 heteroatoms. The van der Waals surface area contributed by atoms with E-state index < -0.39 is 0 Å². The van der Waals surface area contributed by atoms with Crippen molar-refractivity contribution in [2.24, 2.45) is 0 Å². The molecule has 1 N–H and O–H groups in total.